The van der Waals surface area contributed by atoms with Gasteiger partial charge in [-0.25, -0.2) is 0 Å². The summed E-state index contributed by atoms with van der Waals surface area (Å²) in [5.74, 6) is 0. The quantitative estimate of drug-likeness (QED) is 0.571. The molecule has 48 valence electrons. The van der Waals surface area contributed by atoms with Crippen LogP contribution in [0.15, 0.2) is 0 Å². The van der Waals surface area contributed by atoms with Gasteiger partial charge in [-0.15, -0.1) is 62.0 Å². The predicted molar refractivity (Wildman–Crippen MR) is 44.8 cm³/mol. The molecule has 0 aliphatic rings. The standard InChI is InChI=1S/5ClH.Mg.Ti.2H/h5*1H;;;;. The van der Waals surface area contributed by atoms with E-state index >= 15 is 0 Å². The van der Waals surface area contributed by atoms with Crippen LogP contribution in [0.2, 0.25) is 0 Å². The van der Waals surface area contributed by atoms with Crippen LogP contribution in [0.4, 0.5) is 0 Å². The summed E-state index contributed by atoms with van der Waals surface area (Å²) in [6.07, 6.45) is 0. The zero-order valence-corrected chi connectivity index (χ0v) is 8.19. The Hall–Kier alpha value is 2.93. The van der Waals surface area contributed by atoms with E-state index < -0.39 is 0 Å². The fourth-order valence-electron chi connectivity index (χ4n) is 0. The molecule has 0 aliphatic heterocycles. The normalized spacial score (nSPS) is 0. The van der Waals surface area contributed by atoms with Gasteiger partial charge in [0.2, 0.25) is 0 Å². The largest absolute Gasteiger partial charge is 0.316 e. The molecule has 0 radical (unpaired) electrons. The van der Waals surface area contributed by atoms with Crippen LogP contribution in [0, 0.1) is 0 Å². The second-order valence-corrected chi connectivity index (χ2v) is 0. The Morgan fingerprint density at radius 3 is 0.429 bits per heavy atom. The molecule has 0 bridgehead atoms. The molecule has 0 saturated heterocycles. The molecule has 0 spiro atoms. The smallest absolute Gasteiger partial charge is 0.147 e. The van der Waals surface area contributed by atoms with Crippen molar-refractivity contribution in [1.82, 2.24) is 0 Å². The number of hydrogen-bond acceptors (Lipinski definition) is 0. The maximum atomic E-state index is 0. The van der Waals surface area contributed by atoms with Gasteiger partial charge in [-0.3, -0.25) is 0 Å². The van der Waals surface area contributed by atoms with E-state index in [1.165, 1.54) is 0 Å². The summed E-state index contributed by atoms with van der Waals surface area (Å²) in [5.41, 5.74) is 0. The summed E-state index contributed by atoms with van der Waals surface area (Å²) in [7, 11) is 0. The molecule has 7 heavy (non-hydrogen) atoms. The molecule has 0 aromatic heterocycles. The van der Waals surface area contributed by atoms with Gasteiger partial charge in [-0.2, -0.15) is 0 Å². The Morgan fingerprint density at radius 2 is 0.429 bits per heavy atom. The summed E-state index contributed by atoms with van der Waals surface area (Å²) < 4.78 is 0. The van der Waals surface area contributed by atoms with Crippen molar-refractivity contribution < 1.29 is 21.7 Å². The summed E-state index contributed by atoms with van der Waals surface area (Å²) in [6.45, 7) is 0. The van der Waals surface area contributed by atoms with Crippen LogP contribution < -0.4 is 0 Å². The summed E-state index contributed by atoms with van der Waals surface area (Å²) >= 11 is 0. The first-order valence-corrected chi connectivity index (χ1v) is 0. The monoisotopic (exact) mass is 254 g/mol. The summed E-state index contributed by atoms with van der Waals surface area (Å²) in [6, 6.07) is 0. The molecule has 0 fully saturated rings. The Balaban J connectivity index is 0. The van der Waals surface area contributed by atoms with Crippen molar-refractivity contribution in [2.24, 2.45) is 0 Å². The molecule has 0 aromatic rings. The van der Waals surface area contributed by atoms with Crippen LogP contribution in [-0.2, 0) is 21.7 Å². The van der Waals surface area contributed by atoms with E-state index in [0.717, 1.165) is 0 Å². The maximum Gasteiger partial charge on any atom is 0.316 e. The maximum absolute atomic E-state index is 0. The van der Waals surface area contributed by atoms with Crippen LogP contribution >= 0.6 is 62.0 Å². The number of rotatable bonds is 0. The zero-order chi connectivity index (χ0) is 0. The minimum absolute atomic E-state index is 0. The van der Waals surface area contributed by atoms with Gasteiger partial charge >= 0.3 is 23.1 Å². The molecule has 0 heterocycles. The molecule has 0 N–H and O–H groups in total. The van der Waals surface area contributed by atoms with Gasteiger partial charge in [-0.1, -0.05) is 0 Å². The minimum Gasteiger partial charge on any atom is -0.147 e. The third-order valence-electron chi connectivity index (χ3n) is 0. The van der Waals surface area contributed by atoms with Gasteiger partial charge in [0.05, 0.1) is 0 Å². The minimum atomic E-state index is 0. The molecule has 0 nitrogen and oxygen atoms in total. The van der Waals surface area contributed by atoms with E-state index in [9.17, 15) is 0 Å². The first-order chi connectivity index (χ1) is 0. The molecule has 7 heteroatoms. The van der Waals surface area contributed by atoms with Crippen molar-refractivity contribution in [2.45, 2.75) is 0 Å². The Kier molecular flexibility index (Phi) is 862. The van der Waals surface area contributed by atoms with E-state index in [1.54, 1.807) is 0 Å². The van der Waals surface area contributed by atoms with Gasteiger partial charge in [-0.05, 0) is 0 Å². The van der Waals surface area contributed by atoms with Crippen LogP contribution in [0.1, 0.15) is 0 Å². The SMILES string of the molecule is Cl.Cl.Cl.Cl.Cl.[MgH2].[Ti]. The van der Waals surface area contributed by atoms with Crippen molar-refractivity contribution in [2.75, 3.05) is 0 Å². The Labute approximate surface area is 105 Å². The molecule has 0 amide bonds. The molecular weight excluding hydrogens is 249 g/mol. The molecule has 0 aromatic carbocycles. The van der Waals surface area contributed by atoms with Gasteiger partial charge < -0.3 is 0 Å². The topological polar surface area (TPSA) is 0 Å². The number of halogens is 5. The van der Waals surface area contributed by atoms with Crippen LogP contribution in [-0.4, -0.2) is 23.1 Å². The first-order valence-electron chi connectivity index (χ1n) is 0. The predicted octanol–water partition coefficient (Wildman–Crippen LogP) is 1.19. The van der Waals surface area contributed by atoms with Crippen molar-refractivity contribution >= 4 is 85.1 Å². The van der Waals surface area contributed by atoms with Gasteiger partial charge in [0, 0.05) is 21.7 Å². The molecule has 0 unspecified atom stereocenters. The fraction of sp³-hybridized carbons (Fsp3) is 0. The summed E-state index contributed by atoms with van der Waals surface area (Å²) in [5, 5.41) is 0. The first kappa shape index (κ1) is 92.2. The molecule has 0 aliphatic carbocycles. The van der Waals surface area contributed by atoms with Crippen LogP contribution in [0.5, 0.6) is 0 Å². The third kappa shape index (κ3) is 49.9. The van der Waals surface area contributed by atoms with Crippen molar-refractivity contribution in [3.05, 3.63) is 0 Å². The summed E-state index contributed by atoms with van der Waals surface area (Å²) in [4.78, 5) is 0. The van der Waals surface area contributed by atoms with Crippen LogP contribution in [0.25, 0.3) is 0 Å². The van der Waals surface area contributed by atoms with E-state index in [2.05, 4.69) is 0 Å². The van der Waals surface area contributed by atoms with Gasteiger partial charge in [0.1, 0.15) is 0 Å². The average molecular weight is 256 g/mol. The Bertz CT molecular complexity index is 8.04. The number of hydrogen-bond donors (Lipinski definition) is 0. The van der Waals surface area contributed by atoms with Gasteiger partial charge in [0.25, 0.3) is 0 Å². The third-order valence-corrected chi connectivity index (χ3v) is 0. The molecule has 0 atom stereocenters. The average Bonchev–Trinajstić information content (AvgIpc) is 0. The van der Waals surface area contributed by atoms with Crippen molar-refractivity contribution in [1.29, 1.82) is 0 Å². The zero-order valence-electron chi connectivity index (χ0n) is 2.54. The van der Waals surface area contributed by atoms with Crippen molar-refractivity contribution in [3.8, 4) is 0 Å². The van der Waals surface area contributed by atoms with E-state index in [4.69, 9.17) is 0 Å². The molecule has 0 rings (SSSR count). The van der Waals surface area contributed by atoms with E-state index in [1.807, 2.05) is 0 Å². The van der Waals surface area contributed by atoms with Crippen molar-refractivity contribution in [3.63, 3.8) is 0 Å². The van der Waals surface area contributed by atoms with E-state index in [-0.39, 0.29) is 107 Å². The van der Waals surface area contributed by atoms with Gasteiger partial charge in [0.15, 0.2) is 0 Å². The van der Waals surface area contributed by atoms with E-state index in [0.29, 0.717) is 0 Å². The Morgan fingerprint density at radius 1 is 0.429 bits per heavy atom. The second-order valence-electron chi connectivity index (χ2n) is 0. The second kappa shape index (κ2) is 65.4. The van der Waals surface area contributed by atoms with Crippen LogP contribution in [0.3, 0.4) is 0 Å². The molecule has 0 saturated carbocycles. The molecular formula is H7Cl5MgTi. The fourth-order valence-corrected chi connectivity index (χ4v) is 0.